The van der Waals surface area contributed by atoms with Crippen molar-refractivity contribution in [1.82, 2.24) is 10.6 Å². The van der Waals surface area contributed by atoms with E-state index in [2.05, 4.69) is 35.9 Å². The lowest BCUT2D eigenvalue weighted by Gasteiger charge is -2.18. The van der Waals surface area contributed by atoms with E-state index in [1.807, 2.05) is 37.3 Å². The summed E-state index contributed by atoms with van der Waals surface area (Å²) in [4.78, 5) is 12.3. The Morgan fingerprint density at radius 3 is 2.50 bits per heavy atom. The van der Waals surface area contributed by atoms with E-state index in [0.29, 0.717) is 18.0 Å². The van der Waals surface area contributed by atoms with Crippen LogP contribution in [0, 0.1) is 5.92 Å². The molecule has 0 bridgehead atoms. The Labute approximate surface area is 168 Å². The molecule has 2 aromatic carbocycles. The highest BCUT2D eigenvalue weighted by Crippen LogP contribution is 2.29. The molecule has 28 heavy (non-hydrogen) atoms. The lowest BCUT2D eigenvalue weighted by atomic mass is 9.99. The number of anilines is 2. The first-order valence-corrected chi connectivity index (χ1v) is 10.2. The molecule has 5 N–H and O–H groups in total. The molecule has 150 valence electrons. The topological polar surface area (TPSA) is 79.2 Å². The summed E-state index contributed by atoms with van der Waals surface area (Å²) in [5.41, 5.74) is 12.6. The van der Waals surface area contributed by atoms with Gasteiger partial charge in [-0.25, -0.2) is 0 Å². The lowest BCUT2D eigenvalue weighted by Crippen LogP contribution is -2.36. The van der Waals surface area contributed by atoms with Gasteiger partial charge in [-0.15, -0.1) is 0 Å². The van der Waals surface area contributed by atoms with Crippen LogP contribution in [-0.4, -0.2) is 25.0 Å². The largest absolute Gasteiger partial charge is 0.397 e. The van der Waals surface area contributed by atoms with Crippen molar-refractivity contribution in [2.45, 2.75) is 46.2 Å². The van der Waals surface area contributed by atoms with Crippen LogP contribution >= 0.6 is 0 Å². The molecule has 0 fully saturated rings. The SMILES string of the molecule is CC(C)C(C)NC(=O)c1ccc(CNc2c(N)ccc3c2CCNCC3)cc1. The van der Waals surface area contributed by atoms with Crippen molar-refractivity contribution in [1.29, 1.82) is 0 Å². The van der Waals surface area contributed by atoms with Crippen LogP contribution in [0.5, 0.6) is 0 Å². The third kappa shape index (κ3) is 4.84. The van der Waals surface area contributed by atoms with Gasteiger partial charge in [0.2, 0.25) is 0 Å². The molecule has 1 aliphatic rings. The highest BCUT2D eigenvalue weighted by Gasteiger charge is 2.15. The standard InChI is InChI=1S/C23H32N4O/c1-15(2)16(3)27-23(28)19-6-4-17(5-7-19)14-26-22-20-11-13-25-12-10-18(20)8-9-21(22)24/h4-9,15-16,25-26H,10-14,24H2,1-3H3,(H,27,28). The van der Waals surface area contributed by atoms with Crippen molar-refractivity contribution in [2.75, 3.05) is 24.1 Å². The molecule has 1 aliphatic heterocycles. The predicted molar refractivity (Wildman–Crippen MR) is 117 cm³/mol. The van der Waals surface area contributed by atoms with Crippen molar-refractivity contribution >= 4 is 17.3 Å². The smallest absolute Gasteiger partial charge is 0.251 e. The summed E-state index contributed by atoms with van der Waals surface area (Å²) >= 11 is 0. The Kier molecular flexibility index (Phi) is 6.57. The van der Waals surface area contributed by atoms with Gasteiger partial charge in [0, 0.05) is 18.2 Å². The van der Waals surface area contributed by atoms with E-state index >= 15 is 0 Å². The van der Waals surface area contributed by atoms with Crippen molar-refractivity contribution in [2.24, 2.45) is 5.92 Å². The van der Waals surface area contributed by atoms with Gasteiger partial charge in [-0.1, -0.05) is 32.0 Å². The van der Waals surface area contributed by atoms with Crippen LogP contribution in [0.4, 0.5) is 11.4 Å². The van der Waals surface area contributed by atoms with Crippen LogP contribution < -0.4 is 21.7 Å². The molecule has 1 amide bonds. The van der Waals surface area contributed by atoms with Gasteiger partial charge in [-0.2, -0.15) is 0 Å². The molecule has 0 saturated heterocycles. The number of hydrogen-bond donors (Lipinski definition) is 4. The quantitative estimate of drug-likeness (QED) is 0.580. The number of rotatable bonds is 6. The van der Waals surface area contributed by atoms with Crippen molar-refractivity contribution < 1.29 is 4.79 Å². The second-order valence-corrected chi connectivity index (χ2v) is 7.97. The van der Waals surface area contributed by atoms with Gasteiger partial charge in [0.25, 0.3) is 5.91 Å². The predicted octanol–water partition coefficient (Wildman–Crippen LogP) is 3.34. The maximum absolute atomic E-state index is 12.3. The van der Waals surface area contributed by atoms with Crippen molar-refractivity contribution in [3.8, 4) is 0 Å². The second-order valence-electron chi connectivity index (χ2n) is 7.97. The number of nitrogen functional groups attached to an aromatic ring is 1. The summed E-state index contributed by atoms with van der Waals surface area (Å²) in [6.07, 6.45) is 2.01. The molecule has 1 atom stereocenters. The zero-order chi connectivity index (χ0) is 20.1. The average Bonchev–Trinajstić information content (AvgIpc) is 2.93. The Morgan fingerprint density at radius 1 is 1.07 bits per heavy atom. The van der Waals surface area contributed by atoms with Gasteiger partial charge in [-0.05, 0) is 73.7 Å². The van der Waals surface area contributed by atoms with Gasteiger partial charge in [0.1, 0.15) is 0 Å². The summed E-state index contributed by atoms with van der Waals surface area (Å²) in [5.74, 6) is 0.389. The summed E-state index contributed by atoms with van der Waals surface area (Å²) < 4.78 is 0. The summed E-state index contributed by atoms with van der Waals surface area (Å²) in [6.45, 7) is 8.90. The van der Waals surface area contributed by atoms with Crippen molar-refractivity contribution in [3.05, 3.63) is 58.7 Å². The van der Waals surface area contributed by atoms with E-state index in [1.165, 1.54) is 11.1 Å². The fourth-order valence-electron chi connectivity index (χ4n) is 3.42. The average molecular weight is 381 g/mol. The lowest BCUT2D eigenvalue weighted by molar-refractivity contribution is 0.0930. The molecule has 0 spiro atoms. The molecular formula is C23H32N4O. The first-order chi connectivity index (χ1) is 13.5. The molecule has 0 radical (unpaired) electrons. The summed E-state index contributed by atoms with van der Waals surface area (Å²) in [5, 5.41) is 10.0. The Hall–Kier alpha value is -2.53. The minimum absolute atomic E-state index is 0.0224. The minimum atomic E-state index is -0.0224. The first kappa shape index (κ1) is 20.2. The third-order valence-corrected chi connectivity index (χ3v) is 5.61. The summed E-state index contributed by atoms with van der Waals surface area (Å²) in [6, 6.07) is 12.1. The zero-order valence-corrected chi connectivity index (χ0v) is 17.1. The number of carbonyl (C=O) groups is 1. The van der Waals surface area contributed by atoms with E-state index in [-0.39, 0.29) is 11.9 Å². The Bertz CT molecular complexity index is 814. The third-order valence-electron chi connectivity index (χ3n) is 5.61. The Balaban J connectivity index is 1.67. The fraction of sp³-hybridized carbons (Fsp3) is 0.435. The normalized spacial score (nSPS) is 14.9. The van der Waals surface area contributed by atoms with Gasteiger partial charge >= 0.3 is 0 Å². The van der Waals surface area contributed by atoms with E-state index in [1.54, 1.807) is 0 Å². The maximum Gasteiger partial charge on any atom is 0.251 e. The van der Waals surface area contributed by atoms with Crippen LogP contribution in [0.25, 0.3) is 0 Å². The van der Waals surface area contributed by atoms with E-state index in [4.69, 9.17) is 5.73 Å². The molecule has 3 rings (SSSR count). The number of fused-ring (bicyclic) bond motifs is 1. The summed E-state index contributed by atoms with van der Waals surface area (Å²) in [7, 11) is 0. The van der Waals surface area contributed by atoms with Gasteiger partial charge in [0.15, 0.2) is 0 Å². The second kappa shape index (κ2) is 9.11. The number of amides is 1. The van der Waals surface area contributed by atoms with Crippen molar-refractivity contribution in [3.63, 3.8) is 0 Å². The molecule has 0 saturated carbocycles. The van der Waals surface area contributed by atoms with Gasteiger partial charge < -0.3 is 21.7 Å². The molecule has 1 unspecified atom stereocenters. The maximum atomic E-state index is 12.3. The minimum Gasteiger partial charge on any atom is -0.397 e. The zero-order valence-electron chi connectivity index (χ0n) is 17.1. The number of hydrogen-bond acceptors (Lipinski definition) is 4. The number of benzene rings is 2. The molecular weight excluding hydrogens is 348 g/mol. The van der Waals surface area contributed by atoms with Crippen LogP contribution in [0.2, 0.25) is 0 Å². The number of carbonyl (C=O) groups excluding carboxylic acids is 1. The van der Waals surface area contributed by atoms with Crippen LogP contribution in [0.1, 0.15) is 47.8 Å². The Morgan fingerprint density at radius 2 is 1.79 bits per heavy atom. The van der Waals surface area contributed by atoms with Gasteiger partial charge in [0.05, 0.1) is 11.4 Å². The highest BCUT2D eigenvalue weighted by molar-refractivity contribution is 5.94. The first-order valence-electron chi connectivity index (χ1n) is 10.2. The fourth-order valence-corrected chi connectivity index (χ4v) is 3.42. The van der Waals surface area contributed by atoms with Crippen LogP contribution in [0.15, 0.2) is 36.4 Å². The molecule has 5 heteroatoms. The van der Waals surface area contributed by atoms with E-state index in [9.17, 15) is 4.79 Å². The molecule has 2 aromatic rings. The van der Waals surface area contributed by atoms with Gasteiger partial charge in [-0.3, -0.25) is 4.79 Å². The molecule has 1 heterocycles. The monoisotopic (exact) mass is 380 g/mol. The van der Waals surface area contributed by atoms with Crippen LogP contribution in [-0.2, 0) is 19.4 Å². The number of nitrogens with two attached hydrogens (primary N) is 1. The molecule has 0 aliphatic carbocycles. The molecule has 0 aromatic heterocycles. The van der Waals surface area contributed by atoms with E-state index in [0.717, 1.165) is 42.9 Å². The number of nitrogens with one attached hydrogen (secondary N) is 3. The molecule has 5 nitrogen and oxygen atoms in total. The highest BCUT2D eigenvalue weighted by atomic mass is 16.1. The van der Waals surface area contributed by atoms with Crippen LogP contribution in [0.3, 0.4) is 0 Å². The van der Waals surface area contributed by atoms with E-state index < -0.39 is 0 Å².